The molecule has 0 aliphatic heterocycles. The van der Waals surface area contributed by atoms with Crippen LogP contribution in [0.3, 0.4) is 0 Å². The quantitative estimate of drug-likeness (QED) is 0.438. The Morgan fingerprint density at radius 3 is 2.46 bits per heavy atom. The summed E-state index contributed by atoms with van der Waals surface area (Å²) < 4.78 is 0. The van der Waals surface area contributed by atoms with Gasteiger partial charge in [0.1, 0.15) is 0 Å². The maximum Gasteiger partial charge on any atom is 1.00 e. The van der Waals surface area contributed by atoms with Gasteiger partial charge in [0, 0.05) is 5.02 Å². The Labute approximate surface area is 99.9 Å². The van der Waals surface area contributed by atoms with Crippen molar-refractivity contribution in [3.05, 3.63) is 41.4 Å². The molecule has 0 spiro atoms. The van der Waals surface area contributed by atoms with Gasteiger partial charge in [-0.15, -0.1) is 4.90 Å². The summed E-state index contributed by atoms with van der Waals surface area (Å²) in [5, 5.41) is 2.86. The number of fused-ring (bicyclic) bond motifs is 1. The van der Waals surface area contributed by atoms with E-state index in [9.17, 15) is 0 Å². The van der Waals surface area contributed by atoms with Crippen molar-refractivity contribution in [1.82, 2.24) is 0 Å². The second-order valence-corrected chi connectivity index (χ2v) is 3.41. The van der Waals surface area contributed by atoms with E-state index in [-0.39, 0.29) is 18.9 Å². The van der Waals surface area contributed by atoms with Crippen molar-refractivity contribution in [2.75, 3.05) is 0 Å². The van der Waals surface area contributed by atoms with Gasteiger partial charge in [-0.2, -0.15) is 0 Å². The summed E-state index contributed by atoms with van der Waals surface area (Å²) in [7, 11) is 0. The fourth-order valence-electron chi connectivity index (χ4n) is 1.22. The van der Waals surface area contributed by atoms with Crippen molar-refractivity contribution >= 4 is 35.0 Å². The molecule has 0 fully saturated rings. The van der Waals surface area contributed by atoms with E-state index in [0.717, 1.165) is 15.7 Å². The first-order valence-electron chi connectivity index (χ1n) is 3.63. The molecule has 0 nitrogen and oxygen atoms in total. The number of rotatable bonds is 0. The first-order valence-corrected chi connectivity index (χ1v) is 4.42. The van der Waals surface area contributed by atoms with Crippen LogP contribution in [0.15, 0.2) is 41.3 Å². The van der Waals surface area contributed by atoms with Crippen LogP contribution >= 0.6 is 11.6 Å². The first-order chi connectivity index (χ1) is 5.79. The van der Waals surface area contributed by atoms with E-state index in [4.69, 9.17) is 24.2 Å². The van der Waals surface area contributed by atoms with E-state index in [0.29, 0.717) is 5.02 Å². The summed E-state index contributed by atoms with van der Waals surface area (Å²) >= 11 is 11.0. The summed E-state index contributed by atoms with van der Waals surface area (Å²) in [5.41, 5.74) is 0. The molecule has 2 rings (SSSR count). The van der Waals surface area contributed by atoms with E-state index in [2.05, 4.69) is 0 Å². The molecule has 0 bridgehead atoms. The Morgan fingerprint density at radius 2 is 1.69 bits per heavy atom. The first kappa shape index (κ1) is 10.9. The SMILES string of the molecule is [Li+].[S-]c1c(Cl)ccc2ccccc12. The minimum Gasteiger partial charge on any atom is -0.778 e. The van der Waals surface area contributed by atoms with Gasteiger partial charge in [-0.25, -0.2) is 0 Å². The molecule has 0 aliphatic rings. The fraction of sp³-hybridized carbons (Fsp3) is 0. The van der Waals surface area contributed by atoms with E-state index >= 15 is 0 Å². The molecule has 2 aromatic rings. The zero-order valence-corrected chi connectivity index (χ0v) is 8.82. The Kier molecular flexibility index (Phi) is 3.64. The molecule has 0 amide bonds. The predicted octanol–water partition coefficient (Wildman–Crippen LogP) is 0.403. The van der Waals surface area contributed by atoms with Gasteiger partial charge in [-0.3, -0.25) is 0 Å². The van der Waals surface area contributed by atoms with Gasteiger partial charge in [0.2, 0.25) is 0 Å². The van der Waals surface area contributed by atoms with Crippen LogP contribution in [-0.2, 0) is 12.6 Å². The van der Waals surface area contributed by atoms with Crippen molar-refractivity contribution in [3.8, 4) is 0 Å². The molecule has 0 atom stereocenters. The second kappa shape index (κ2) is 4.35. The third-order valence-electron chi connectivity index (χ3n) is 1.83. The van der Waals surface area contributed by atoms with Gasteiger partial charge in [-0.1, -0.05) is 41.9 Å². The van der Waals surface area contributed by atoms with Crippen LogP contribution in [0.25, 0.3) is 10.8 Å². The minimum absolute atomic E-state index is 0. The van der Waals surface area contributed by atoms with Crippen LogP contribution in [0.5, 0.6) is 0 Å². The van der Waals surface area contributed by atoms with Crippen LogP contribution in [0.1, 0.15) is 0 Å². The topological polar surface area (TPSA) is 0 Å². The fourth-order valence-corrected chi connectivity index (χ4v) is 1.64. The van der Waals surface area contributed by atoms with Crippen molar-refractivity contribution in [1.29, 1.82) is 0 Å². The van der Waals surface area contributed by atoms with Gasteiger partial charge in [0.05, 0.1) is 0 Å². The molecule has 0 N–H and O–H groups in total. The van der Waals surface area contributed by atoms with Crippen molar-refractivity contribution in [2.24, 2.45) is 0 Å². The van der Waals surface area contributed by atoms with E-state index < -0.39 is 0 Å². The Hall–Kier alpha value is -0.193. The zero-order chi connectivity index (χ0) is 8.55. The third-order valence-corrected chi connectivity index (χ3v) is 2.70. The summed E-state index contributed by atoms with van der Waals surface area (Å²) in [4.78, 5) is 0.745. The van der Waals surface area contributed by atoms with E-state index in [1.807, 2.05) is 36.4 Å². The van der Waals surface area contributed by atoms with Crippen molar-refractivity contribution in [3.63, 3.8) is 0 Å². The molecule has 0 saturated heterocycles. The molecule has 0 radical (unpaired) electrons. The van der Waals surface area contributed by atoms with Gasteiger partial charge in [-0.05, 0) is 16.8 Å². The summed E-state index contributed by atoms with van der Waals surface area (Å²) in [6.45, 7) is 0. The van der Waals surface area contributed by atoms with Crippen LogP contribution in [0, 0.1) is 0 Å². The summed E-state index contributed by atoms with van der Waals surface area (Å²) in [6, 6.07) is 11.8. The molecular weight excluding hydrogens is 195 g/mol. The zero-order valence-electron chi connectivity index (χ0n) is 7.25. The number of hydrogen-bond donors (Lipinski definition) is 0. The number of halogens is 1. The van der Waals surface area contributed by atoms with Crippen LogP contribution in [0.2, 0.25) is 5.02 Å². The minimum atomic E-state index is 0. The summed E-state index contributed by atoms with van der Waals surface area (Å²) in [6.07, 6.45) is 0. The molecule has 60 valence electrons. The molecule has 2 aromatic carbocycles. The van der Waals surface area contributed by atoms with Gasteiger partial charge >= 0.3 is 18.9 Å². The maximum atomic E-state index is 5.88. The largest absolute Gasteiger partial charge is 1.00 e. The molecule has 0 aromatic heterocycles. The van der Waals surface area contributed by atoms with Crippen LogP contribution in [0.4, 0.5) is 0 Å². The molecule has 0 saturated carbocycles. The normalized spacial score (nSPS) is 9.62. The second-order valence-electron chi connectivity index (χ2n) is 2.60. The Balaban J connectivity index is 0.000000845. The monoisotopic (exact) mass is 200 g/mol. The molecule has 3 heteroatoms. The van der Waals surface area contributed by atoms with Gasteiger partial charge in [0.15, 0.2) is 0 Å². The molecule has 0 unspecified atom stereocenters. The maximum absolute atomic E-state index is 5.88. The molecule has 0 heterocycles. The van der Waals surface area contributed by atoms with Crippen molar-refractivity contribution in [2.45, 2.75) is 4.90 Å². The third kappa shape index (κ3) is 2.00. The smallest absolute Gasteiger partial charge is 0.778 e. The number of hydrogen-bond acceptors (Lipinski definition) is 1. The Bertz CT molecular complexity index is 428. The average Bonchev–Trinajstić information content (AvgIpc) is 2.12. The predicted molar refractivity (Wildman–Crippen MR) is 54.6 cm³/mol. The van der Waals surface area contributed by atoms with E-state index in [1.54, 1.807) is 0 Å². The molecule has 13 heavy (non-hydrogen) atoms. The number of benzene rings is 2. The molecule has 0 aliphatic carbocycles. The summed E-state index contributed by atoms with van der Waals surface area (Å²) in [5.74, 6) is 0. The average molecular weight is 201 g/mol. The van der Waals surface area contributed by atoms with Gasteiger partial charge in [0.25, 0.3) is 0 Å². The van der Waals surface area contributed by atoms with Crippen LogP contribution < -0.4 is 18.9 Å². The molecular formula is C10H6ClLiS. The van der Waals surface area contributed by atoms with Gasteiger partial charge < -0.3 is 12.6 Å². The van der Waals surface area contributed by atoms with Crippen molar-refractivity contribution < 1.29 is 18.9 Å². The standard InChI is InChI=1S/C10H7ClS.Li/c11-9-6-5-7-3-1-2-4-8(7)10(9)12;/h1-6,12H;/q;+1/p-1. The van der Waals surface area contributed by atoms with E-state index in [1.165, 1.54) is 0 Å². The van der Waals surface area contributed by atoms with Crippen LogP contribution in [-0.4, -0.2) is 0 Å². The Morgan fingerprint density at radius 1 is 1.00 bits per heavy atom.